The average Bonchev–Trinajstić information content (AvgIpc) is 2.76. The van der Waals surface area contributed by atoms with Crippen LogP contribution in [0.3, 0.4) is 0 Å². The van der Waals surface area contributed by atoms with Gasteiger partial charge in [0.25, 0.3) is 11.5 Å². The fraction of sp³-hybridized carbons (Fsp3) is 0.320. The van der Waals surface area contributed by atoms with Crippen LogP contribution in [0.2, 0.25) is 10.0 Å². The molecule has 1 aromatic heterocycles. The maximum Gasteiger partial charge on any atom is 0.263 e. The van der Waals surface area contributed by atoms with E-state index >= 15 is 0 Å². The Kier molecular flexibility index (Phi) is 6.50. The predicted molar refractivity (Wildman–Crippen MR) is 133 cm³/mol. The molecule has 172 valence electrons. The topological polar surface area (TPSA) is 67.2 Å². The van der Waals surface area contributed by atoms with Gasteiger partial charge in [-0.2, -0.15) is 0 Å². The number of carbonyl (C=O) groups is 1. The molecule has 2 aromatic carbocycles. The van der Waals surface area contributed by atoms with Crippen molar-refractivity contribution in [2.75, 3.05) is 5.32 Å². The fourth-order valence-electron chi connectivity index (χ4n) is 4.01. The van der Waals surface area contributed by atoms with E-state index in [9.17, 15) is 9.59 Å². The van der Waals surface area contributed by atoms with Crippen molar-refractivity contribution < 1.29 is 4.79 Å². The van der Waals surface area contributed by atoms with Gasteiger partial charge >= 0.3 is 0 Å². The Morgan fingerprint density at radius 3 is 2.45 bits per heavy atom. The highest BCUT2D eigenvalue weighted by Gasteiger charge is 2.32. The second-order valence-electron chi connectivity index (χ2n) is 8.75. The van der Waals surface area contributed by atoms with Gasteiger partial charge in [-0.15, -0.1) is 0 Å². The number of halogens is 2. The lowest BCUT2D eigenvalue weighted by Gasteiger charge is -2.34. The summed E-state index contributed by atoms with van der Waals surface area (Å²) in [5.74, 6) is 0.295. The summed E-state index contributed by atoms with van der Waals surface area (Å²) in [6.07, 6.45) is 0.419. The summed E-state index contributed by atoms with van der Waals surface area (Å²) in [6.45, 7) is 8.17. The molecule has 33 heavy (non-hydrogen) atoms. The molecule has 0 saturated carbocycles. The van der Waals surface area contributed by atoms with E-state index in [0.29, 0.717) is 39.2 Å². The maximum atomic E-state index is 13.6. The Balaban J connectivity index is 1.77. The van der Waals surface area contributed by atoms with Crippen LogP contribution in [0.1, 0.15) is 48.0 Å². The first-order chi connectivity index (χ1) is 15.7. The first kappa shape index (κ1) is 23.3. The summed E-state index contributed by atoms with van der Waals surface area (Å²) in [4.78, 5) is 33.4. The monoisotopic (exact) mass is 484 g/mol. The highest BCUT2D eigenvalue weighted by Crippen LogP contribution is 2.27. The van der Waals surface area contributed by atoms with Crippen molar-refractivity contribution in [2.24, 2.45) is 0 Å². The van der Waals surface area contributed by atoms with Crippen molar-refractivity contribution >= 4 is 35.1 Å². The van der Waals surface area contributed by atoms with Crippen molar-refractivity contribution in [2.45, 2.75) is 52.7 Å². The summed E-state index contributed by atoms with van der Waals surface area (Å²) >= 11 is 12.1. The lowest BCUT2D eigenvalue weighted by atomic mass is 9.98. The van der Waals surface area contributed by atoms with Crippen molar-refractivity contribution in [3.63, 3.8) is 0 Å². The Morgan fingerprint density at radius 2 is 1.82 bits per heavy atom. The third-order valence-electron chi connectivity index (χ3n) is 5.75. The smallest absolute Gasteiger partial charge is 0.263 e. The second kappa shape index (κ2) is 9.20. The van der Waals surface area contributed by atoms with E-state index < -0.39 is 0 Å². The minimum absolute atomic E-state index is 0.0723. The van der Waals surface area contributed by atoms with E-state index in [0.717, 1.165) is 11.3 Å². The molecule has 1 aliphatic heterocycles. The van der Waals surface area contributed by atoms with Crippen LogP contribution in [-0.4, -0.2) is 32.4 Å². The zero-order valence-corrected chi connectivity index (χ0v) is 20.5. The van der Waals surface area contributed by atoms with Crippen molar-refractivity contribution in [1.29, 1.82) is 0 Å². The van der Waals surface area contributed by atoms with Gasteiger partial charge in [0.05, 0.1) is 28.0 Å². The van der Waals surface area contributed by atoms with E-state index in [2.05, 4.69) is 5.32 Å². The van der Waals surface area contributed by atoms with Crippen LogP contribution in [0.15, 0.2) is 47.3 Å². The van der Waals surface area contributed by atoms with Crippen LogP contribution in [0.25, 0.3) is 5.69 Å². The highest BCUT2D eigenvalue weighted by atomic mass is 35.5. The van der Waals surface area contributed by atoms with Gasteiger partial charge in [-0.05, 0) is 64.4 Å². The molecule has 0 bridgehead atoms. The minimum Gasteiger partial charge on any atom is -0.353 e. The molecule has 4 rings (SSSR count). The van der Waals surface area contributed by atoms with Crippen molar-refractivity contribution in [3.05, 3.63) is 85.2 Å². The lowest BCUT2D eigenvalue weighted by Crippen LogP contribution is -2.46. The number of hydrogen-bond donors (Lipinski definition) is 1. The molecule has 0 fully saturated rings. The number of benzene rings is 2. The molecule has 8 heteroatoms. The van der Waals surface area contributed by atoms with Crippen LogP contribution in [-0.2, 0) is 13.0 Å². The van der Waals surface area contributed by atoms with Gasteiger partial charge in [-0.3, -0.25) is 9.59 Å². The number of hydrogen-bond acceptors (Lipinski definition) is 4. The summed E-state index contributed by atoms with van der Waals surface area (Å²) in [6, 6.07) is 12.5. The molecule has 1 atom stereocenters. The first-order valence-electron chi connectivity index (χ1n) is 10.9. The van der Waals surface area contributed by atoms with Crippen LogP contribution >= 0.6 is 23.2 Å². The Hall–Kier alpha value is -2.83. The Morgan fingerprint density at radius 1 is 1.12 bits per heavy atom. The predicted octanol–water partition coefficient (Wildman–Crippen LogP) is 5.26. The highest BCUT2D eigenvalue weighted by molar-refractivity contribution is 6.42. The number of carbonyl (C=O) groups excluding carboxylic acids is 1. The van der Waals surface area contributed by atoms with Gasteiger partial charge in [0, 0.05) is 23.2 Å². The van der Waals surface area contributed by atoms with Gasteiger partial charge in [0.15, 0.2) is 0 Å². The molecule has 0 saturated heterocycles. The SMILES string of the molecule is Cc1ccc(-n2c(NC(C)C)nc3c(c2=O)C[C@@H](C)N(C(=O)c2ccc(Cl)c(Cl)c2)C3)cc1. The van der Waals surface area contributed by atoms with Crippen LogP contribution in [0, 0.1) is 6.92 Å². The van der Waals surface area contributed by atoms with Gasteiger partial charge in [-0.1, -0.05) is 40.9 Å². The number of nitrogens with one attached hydrogen (secondary N) is 1. The zero-order valence-electron chi connectivity index (χ0n) is 19.0. The van der Waals surface area contributed by atoms with Crippen LogP contribution in [0.5, 0.6) is 0 Å². The van der Waals surface area contributed by atoms with E-state index in [1.165, 1.54) is 0 Å². The maximum absolute atomic E-state index is 13.6. The van der Waals surface area contributed by atoms with Gasteiger partial charge in [0.1, 0.15) is 0 Å². The molecule has 0 spiro atoms. The van der Waals surface area contributed by atoms with Gasteiger partial charge in [-0.25, -0.2) is 9.55 Å². The quantitative estimate of drug-likeness (QED) is 0.548. The second-order valence-corrected chi connectivity index (χ2v) is 9.57. The fourth-order valence-corrected chi connectivity index (χ4v) is 4.31. The molecule has 0 unspecified atom stereocenters. The normalized spacial score (nSPS) is 15.5. The van der Waals surface area contributed by atoms with Crippen molar-refractivity contribution in [3.8, 4) is 5.69 Å². The minimum atomic E-state index is -0.177. The number of nitrogens with zero attached hydrogens (tertiary/aromatic N) is 3. The largest absolute Gasteiger partial charge is 0.353 e. The van der Waals surface area contributed by atoms with E-state index in [1.54, 1.807) is 27.7 Å². The zero-order chi connectivity index (χ0) is 23.9. The molecule has 0 radical (unpaired) electrons. The third kappa shape index (κ3) is 4.63. The number of amides is 1. The molecule has 1 N–H and O–H groups in total. The van der Waals surface area contributed by atoms with Crippen LogP contribution in [0.4, 0.5) is 5.95 Å². The molecule has 1 amide bonds. The Bertz CT molecular complexity index is 1270. The number of aromatic nitrogens is 2. The van der Waals surface area contributed by atoms with Gasteiger partial charge in [0.2, 0.25) is 5.95 Å². The number of rotatable bonds is 4. The lowest BCUT2D eigenvalue weighted by molar-refractivity contribution is 0.0653. The molecule has 3 aromatic rings. The van der Waals surface area contributed by atoms with Crippen LogP contribution < -0.4 is 10.9 Å². The average molecular weight is 485 g/mol. The summed E-state index contributed by atoms with van der Waals surface area (Å²) < 4.78 is 1.63. The molecule has 1 aliphatic rings. The molecular weight excluding hydrogens is 459 g/mol. The Labute approximate surface area is 203 Å². The molecular formula is C25H26Cl2N4O2. The molecule has 2 heterocycles. The number of anilines is 1. The van der Waals surface area contributed by atoms with Gasteiger partial charge < -0.3 is 10.2 Å². The van der Waals surface area contributed by atoms with E-state index in [-0.39, 0.29) is 30.1 Å². The third-order valence-corrected chi connectivity index (χ3v) is 6.49. The number of fused-ring (bicyclic) bond motifs is 1. The standard InChI is InChI=1S/C25H26Cl2N4O2/c1-14(2)28-25-29-22-13-30(23(32)17-7-10-20(26)21(27)12-17)16(4)11-19(22)24(33)31(25)18-8-5-15(3)6-9-18/h5-10,12,14,16H,11,13H2,1-4H3,(H,28,29)/t16-/m1/s1. The van der Waals surface area contributed by atoms with E-state index in [4.69, 9.17) is 28.2 Å². The summed E-state index contributed by atoms with van der Waals surface area (Å²) in [7, 11) is 0. The van der Waals surface area contributed by atoms with Crippen molar-refractivity contribution in [1.82, 2.24) is 14.5 Å². The summed E-state index contributed by atoms with van der Waals surface area (Å²) in [5, 5.41) is 4.02. The molecule has 6 nitrogen and oxygen atoms in total. The summed E-state index contributed by atoms with van der Waals surface area (Å²) in [5.41, 5.74) is 3.45. The molecule has 0 aliphatic carbocycles. The number of aryl methyl sites for hydroxylation is 1. The van der Waals surface area contributed by atoms with E-state index in [1.807, 2.05) is 52.0 Å². The first-order valence-corrected chi connectivity index (χ1v) is 11.7.